The minimum absolute atomic E-state index is 0.0103. The summed E-state index contributed by atoms with van der Waals surface area (Å²) < 4.78 is 0. The summed E-state index contributed by atoms with van der Waals surface area (Å²) >= 11 is 0. The van der Waals surface area contributed by atoms with Crippen molar-refractivity contribution in [2.75, 3.05) is 5.32 Å². The second-order valence-electron chi connectivity index (χ2n) is 6.15. The zero-order valence-electron chi connectivity index (χ0n) is 12.6. The lowest BCUT2D eigenvalue weighted by Gasteiger charge is -2.25. The normalized spacial score (nSPS) is 22.0. The van der Waals surface area contributed by atoms with Crippen molar-refractivity contribution in [3.63, 3.8) is 0 Å². The molecule has 0 atom stereocenters. The van der Waals surface area contributed by atoms with E-state index in [1.165, 1.54) is 5.56 Å². The molecule has 1 aromatic carbocycles. The number of carbonyl (C=O) groups is 2. The molecule has 0 radical (unpaired) electrons. The molecule has 0 spiro atoms. The number of nitrogens with one attached hydrogen (secondary N) is 1. The molecule has 1 fully saturated rings. The molecule has 21 heavy (non-hydrogen) atoms. The Hall–Kier alpha value is -1.84. The summed E-state index contributed by atoms with van der Waals surface area (Å²) in [6.07, 6.45) is 2.51. The van der Waals surface area contributed by atoms with E-state index >= 15 is 0 Å². The zero-order chi connectivity index (χ0) is 15.4. The van der Waals surface area contributed by atoms with Crippen LogP contribution in [0.3, 0.4) is 0 Å². The molecule has 2 N–H and O–H groups in total. The van der Waals surface area contributed by atoms with Crippen molar-refractivity contribution in [1.82, 2.24) is 0 Å². The number of benzene rings is 1. The molecule has 0 aromatic heterocycles. The smallest absolute Gasteiger partial charge is 0.306 e. The van der Waals surface area contributed by atoms with Gasteiger partial charge in [0.05, 0.1) is 5.92 Å². The highest BCUT2D eigenvalue weighted by molar-refractivity contribution is 5.92. The van der Waals surface area contributed by atoms with Crippen LogP contribution in [0.15, 0.2) is 24.3 Å². The molecule has 114 valence electrons. The number of anilines is 1. The Morgan fingerprint density at radius 1 is 1.05 bits per heavy atom. The van der Waals surface area contributed by atoms with Crippen LogP contribution in [0.5, 0.6) is 0 Å². The molecular formula is C17H23NO3. The van der Waals surface area contributed by atoms with E-state index in [4.69, 9.17) is 5.11 Å². The van der Waals surface area contributed by atoms with E-state index in [0.29, 0.717) is 31.6 Å². The highest BCUT2D eigenvalue weighted by Crippen LogP contribution is 2.30. The number of aliphatic carboxylic acids is 1. The van der Waals surface area contributed by atoms with Crippen molar-refractivity contribution in [3.8, 4) is 0 Å². The zero-order valence-corrected chi connectivity index (χ0v) is 12.6. The van der Waals surface area contributed by atoms with Crippen LogP contribution in [0.2, 0.25) is 0 Å². The summed E-state index contributed by atoms with van der Waals surface area (Å²) in [5.74, 6) is -0.597. The Morgan fingerprint density at radius 2 is 1.57 bits per heavy atom. The predicted molar refractivity (Wildman–Crippen MR) is 82.2 cm³/mol. The van der Waals surface area contributed by atoms with Crippen LogP contribution in [0.1, 0.15) is 51.0 Å². The molecule has 1 aromatic rings. The summed E-state index contributed by atoms with van der Waals surface area (Å²) in [7, 11) is 0. The van der Waals surface area contributed by atoms with Crippen LogP contribution in [-0.2, 0) is 9.59 Å². The maximum atomic E-state index is 12.2. The molecule has 0 aliphatic heterocycles. The fourth-order valence-corrected chi connectivity index (χ4v) is 2.80. The minimum atomic E-state index is -0.738. The Bertz CT molecular complexity index is 499. The molecule has 2 rings (SSSR count). The van der Waals surface area contributed by atoms with E-state index in [9.17, 15) is 9.59 Å². The molecule has 0 heterocycles. The molecule has 1 aliphatic rings. The van der Waals surface area contributed by atoms with Gasteiger partial charge in [0.15, 0.2) is 0 Å². The number of carbonyl (C=O) groups excluding carboxylic acids is 1. The number of carboxylic acids is 1. The maximum Gasteiger partial charge on any atom is 0.306 e. The van der Waals surface area contributed by atoms with Gasteiger partial charge in [0.1, 0.15) is 0 Å². The van der Waals surface area contributed by atoms with Crippen molar-refractivity contribution in [2.24, 2.45) is 11.8 Å². The van der Waals surface area contributed by atoms with Crippen molar-refractivity contribution >= 4 is 17.6 Å². The topological polar surface area (TPSA) is 66.4 Å². The largest absolute Gasteiger partial charge is 0.481 e. The van der Waals surface area contributed by atoms with Gasteiger partial charge in [-0.05, 0) is 49.3 Å². The third kappa shape index (κ3) is 4.06. The van der Waals surface area contributed by atoms with Crippen LogP contribution < -0.4 is 5.32 Å². The highest BCUT2D eigenvalue weighted by atomic mass is 16.4. The number of carboxylic acid groups (broad SMARTS) is 1. The predicted octanol–water partition coefficient (Wildman–Crippen LogP) is 3.64. The fraction of sp³-hybridized carbons (Fsp3) is 0.529. The summed E-state index contributed by atoms with van der Waals surface area (Å²) in [5, 5.41) is 11.9. The van der Waals surface area contributed by atoms with Gasteiger partial charge in [-0.1, -0.05) is 26.0 Å². The van der Waals surface area contributed by atoms with Gasteiger partial charge in [0.2, 0.25) is 5.91 Å². The third-order valence-corrected chi connectivity index (χ3v) is 4.29. The van der Waals surface area contributed by atoms with Crippen LogP contribution in [0.25, 0.3) is 0 Å². The monoisotopic (exact) mass is 289 g/mol. The number of hydrogen-bond donors (Lipinski definition) is 2. The molecule has 1 amide bonds. The maximum absolute atomic E-state index is 12.2. The molecule has 0 saturated heterocycles. The Morgan fingerprint density at radius 3 is 2.05 bits per heavy atom. The van der Waals surface area contributed by atoms with Gasteiger partial charge in [-0.3, -0.25) is 9.59 Å². The quantitative estimate of drug-likeness (QED) is 0.889. The Balaban J connectivity index is 1.88. The summed E-state index contributed by atoms with van der Waals surface area (Å²) in [6, 6.07) is 7.91. The van der Waals surface area contributed by atoms with Gasteiger partial charge in [0, 0.05) is 11.6 Å². The van der Waals surface area contributed by atoms with Crippen molar-refractivity contribution in [1.29, 1.82) is 0 Å². The SMILES string of the molecule is CC(C)c1ccc(NC(=O)C2CCC(C(=O)O)CC2)cc1. The first kappa shape index (κ1) is 15.5. The highest BCUT2D eigenvalue weighted by Gasteiger charge is 2.29. The Kier molecular flexibility index (Phi) is 4.99. The summed E-state index contributed by atoms with van der Waals surface area (Å²) in [6.45, 7) is 4.27. The van der Waals surface area contributed by atoms with Gasteiger partial charge in [-0.2, -0.15) is 0 Å². The average Bonchev–Trinajstić information content (AvgIpc) is 2.47. The molecule has 0 unspecified atom stereocenters. The van der Waals surface area contributed by atoms with E-state index in [-0.39, 0.29) is 17.7 Å². The van der Waals surface area contributed by atoms with Gasteiger partial charge < -0.3 is 10.4 Å². The van der Waals surface area contributed by atoms with Gasteiger partial charge in [-0.15, -0.1) is 0 Å². The lowest BCUT2D eigenvalue weighted by atomic mass is 9.81. The number of amides is 1. The third-order valence-electron chi connectivity index (χ3n) is 4.29. The molecule has 1 aliphatic carbocycles. The van der Waals surface area contributed by atoms with E-state index in [0.717, 1.165) is 5.69 Å². The van der Waals surface area contributed by atoms with E-state index in [2.05, 4.69) is 19.2 Å². The molecule has 1 saturated carbocycles. The van der Waals surface area contributed by atoms with Gasteiger partial charge in [-0.25, -0.2) is 0 Å². The molecule has 4 nitrogen and oxygen atoms in total. The van der Waals surface area contributed by atoms with E-state index in [1.54, 1.807) is 0 Å². The number of hydrogen-bond acceptors (Lipinski definition) is 2. The van der Waals surface area contributed by atoms with Crippen molar-refractivity contribution in [3.05, 3.63) is 29.8 Å². The van der Waals surface area contributed by atoms with Gasteiger partial charge >= 0.3 is 5.97 Å². The van der Waals surface area contributed by atoms with Crippen LogP contribution in [0, 0.1) is 11.8 Å². The fourth-order valence-electron chi connectivity index (χ4n) is 2.80. The lowest BCUT2D eigenvalue weighted by molar-refractivity contribution is -0.143. The summed E-state index contributed by atoms with van der Waals surface area (Å²) in [5.41, 5.74) is 2.06. The number of rotatable bonds is 4. The molecular weight excluding hydrogens is 266 g/mol. The van der Waals surface area contributed by atoms with Crippen LogP contribution >= 0.6 is 0 Å². The second-order valence-corrected chi connectivity index (χ2v) is 6.15. The Labute approximate surface area is 125 Å². The van der Waals surface area contributed by atoms with Crippen molar-refractivity contribution in [2.45, 2.75) is 45.4 Å². The first-order valence-corrected chi connectivity index (χ1v) is 7.61. The second kappa shape index (κ2) is 6.74. The van der Waals surface area contributed by atoms with Gasteiger partial charge in [0.25, 0.3) is 0 Å². The first-order chi connectivity index (χ1) is 9.97. The van der Waals surface area contributed by atoms with Crippen molar-refractivity contribution < 1.29 is 14.7 Å². The first-order valence-electron chi connectivity index (χ1n) is 7.61. The lowest BCUT2D eigenvalue weighted by Crippen LogP contribution is -2.29. The minimum Gasteiger partial charge on any atom is -0.481 e. The molecule has 4 heteroatoms. The standard InChI is InChI=1S/C17H23NO3/c1-11(2)12-7-9-15(10-8-12)18-16(19)13-3-5-14(6-4-13)17(20)21/h7-11,13-14H,3-6H2,1-2H3,(H,18,19)(H,20,21). The summed E-state index contributed by atoms with van der Waals surface area (Å²) in [4.78, 5) is 23.1. The average molecular weight is 289 g/mol. The van der Waals surface area contributed by atoms with E-state index < -0.39 is 5.97 Å². The molecule has 0 bridgehead atoms. The van der Waals surface area contributed by atoms with Crippen LogP contribution in [0.4, 0.5) is 5.69 Å². The van der Waals surface area contributed by atoms with E-state index in [1.807, 2.05) is 24.3 Å². The van der Waals surface area contributed by atoms with Crippen LogP contribution in [-0.4, -0.2) is 17.0 Å².